The number of benzene rings is 1. The van der Waals surface area contributed by atoms with Gasteiger partial charge in [-0.2, -0.15) is 13.2 Å². The largest absolute Gasteiger partial charge is 0.411 e. The number of halogens is 4. The smallest absolute Gasteiger partial charge is 0.409 e. The molecule has 0 spiro atoms. The van der Waals surface area contributed by atoms with E-state index in [4.69, 9.17) is 10.9 Å². The quantitative estimate of drug-likeness (QED) is 0.252. The minimum absolute atomic E-state index is 0.0349. The van der Waals surface area contributed by atoms with E-state index in [1.807, 2.05) is 0 Å². The lowest BCUT2D eigenvalue weighted by Gasteiger charge is -2.11. The van der Waals surface area contributed by atoms with Crippen molar-refractivity contribution in [2.24, 2.45) is 10.9 Å². The molecule has 1 rings (SSSR count). The van der Waals surface area contributed by atoms with Crippen molar-refractivity contribution in [2.75, 3.05) is 18.5 Å². The van der Waals surface area contributed by atoms with Gasteiger partial charge < -0.3 is 21.0 Å². The van der Waals surface area contributed by atoms with E-state index in [9.17, 15) is 22.4 Å². The van der Waals surface area contributed by atoms with Crippen molar-refractivity contribution < 1.29 is 32.3 Å². The number of carbonyl (C=O) groups is 1. The summed E-state index contributed by atoms with van der Waals surface area (Å²) in [6, 6.07) is 2.99. The molecule has 4 N–H and O–H groups in total. The van der Waals surface area contributed by atoms with Crippen LogP contribution in [0, 0.1) is 5.82 Å². The number of nitrogens with zero attached hydrogens (tertiary/aromatic N) is 1. The zero-order chi connectivity index (χ0) is 16.0. The molecule has 21 heavy (non-hydrogen) atoms. The summed E-state index contributed by atoms with van der Waals surface area (Å²) in [5.41, 5.74) is 5.14. The highest BCUT2D eigenvalue weighted by molar-refractivity contribution is 6.05. The molecule has 0 fully saturated rings. The Bertz CT molecular complexity index is 546. The number of amidine groups is 1. The van der Waals surface area contributed by atoms with Crippen LogP contribution >= 0.6 is 0 Å². The van der Waals surface area contributed by atoms with Gasteiger partial charge in [0.1, 0.15) is 19.0 Å². The number of carbonyl (C=O) groups excluding carboxylic acids is 1. The average molecular weight is 309 g/mol. The van der Waals surface area contributed by atoms with Crippen molar-refractivity contribution in [3.63, 3.8) is 0 Å². The normalized spacial score (nSPS) is 12.3. The molecule has 0 aliphatic rings. The van der Waals surface area contributed by atoms with Gasteiger partial charge in [0.2, 0.25) is 5.91 Å². The molecule has 0 saturated heterocycles. The molecule has 116 valence electrons. The topological polar surface area (TPSA) is 96.9 Å². The van der Waals surface area contributed by atoms with Gasteiger partial charge in [0, 0.05) is 5.56 Å². The number of nitrogens with two attached hydrogens (primary N) is 1. The van der Waals surface area contributed by atoms with Gasteiger partial charge in [-0.15, -0.1) is 0 Å². The maximum atomic E-state index is 13.1. The number of nitrogens with one attached hydrogen (secondary N) is 1. The molecule has 0 unspecified atom stereocenters. The molecule has 0 heterocycles. The molecule has 10 heteroatoms. The van der Waals surface area contributed by atoms with Gasteiger partial charge in [0.15, 0.2) is 5.84 Å². The first-order valence-corrected chi connectivity index (χ1v) is 5.44. The highest BCUT2D eigenvalue weighted by atomic mass is 19.4. The molecule has 0 bridgehead atoms. The Morgan fingerprint density at radius 3 is 2.67 bits per heavy atom. The van der Waals surface area contributed by atoms with Crippen LogP contribution in [0.4, 0.5) is 23.2 Å². The Labute approximate surface area is 116 Å². The van der Waals surface area contributed by atoms with E-state index < -0.39 is 37.0 Å². The molecule has 0 atom stereocenters. The summed E-state index contributed by atoms with van der Waals surface area (Å²) in [6.45, 7) is -2.43. The number of hydrogen-bond donors (Lipinski definition) is 3. The van der Waals surface area contributed by atoms with Crippen LogP contribution in [-0.4, -0.2) is 36.3 Å². The van der Waals surface area contributed by atoms with Crippen LogP contribution in [0.25, 0.3) is 0 Å². The van der Waals surface area contributed by atoms with Crippen molar-refractivity contribution >= 4 is 17.4 Å². The molecule has 0 aliphatic carbocycles. The Kier molecular flexibility index (Phi) is 5.47. The number of oxime groups is 1. The highest BCUT2D eigenvalue weighted by Gasteiger charge is 2.27. The molecule has 6 nitrogen and oxygen atoms in total. The lowest BCUT2D eigenvalue weighted by molar-refractivity contribution is -0.174. The summed E-state index contributed by atoms with van der Waals surface area (Å²) in [4.78, 5) is 11.4. The number of alkyl halides is 3. The maximum absolute atomic E-state index is 13.1. The van der Waals surface area contributed by atoms with Crippen molar-refractivity contribution in [2.45, 2.75) is 6.18 Å². The van der Waals surface area contributed by atoms with Gasteiger partial charge in [0.25, 0.3) is 0 Å². The van der Waals surface area contributed by atoms with Gasteiger partial charge in [-0.05, 0) is 18.2 Å². The SMILES string of the molecule is N/C(=N/O)c1cc(F)ccc1NC(=O)COCC(F)(F)F. The third-order valence-corrected chi connectivity index (χ3v) is 2.14. The monoisotopic (exact) mass is 309 g/mol. The molecule has 1 aromatic carbocycles. The molecular weight excluding hydrogens is 298 g/mol. The van der Waals surface area contributed by atoms with E-state index in [1.165, 1.54) is 0 Å². The highest BCUT2D eigenvalue weighted by Crippen LogP contribution is 2.17. The zero-order valence-corrected chi connectivity index (χ0v) is 10.4. The van der Waals surface area contributed by atoms with E-state index >= 15 is 0 Å². The van der Waals surface area contributed by atoms with Crippen LogP contribution in [0.1, 0.15) is 5.56 Å². The van der Waals surface area contributed by atoms with Gasteiger partial charge in [0.05, 0.1) is 5.69 Å². The van der Waals surface area contributed by atoms with Gasteiger partial charge in [-0.1, -0.05) is 5.16 Å². The molecule has 1 amide bonds. The second-order valence-corrected chi connectivity index (χ2v) is 3.83. The molecule has 0 aromatic heterocycles. The summed E-state index contributed by atoms with van der Waals surface area (Å²) < 4.78 is 52.7. The fourth-order valence-electron chi connectivity index (χ4n) is 1.34. The van der Waals surface area contributed by atoms with E-state index in [0.29, 0.717) is 0 Å². The molecule has 1 aromatic rings. The van der Waals surface area contributed by atoms with E-state index in [2.05, 4.69) is 15.2 Å². The Balaban J connectivity index is 2.72. The fraction of sp³-hybridized carbons (Fsp3) is 0.273. The third-order valence-electron chi connectivity index (χ3n) is 2.14. The lowest BCUT2D eigenvalue weighted by Crippen LogP contribution is -2.25. The lowest BCUT2D eigenvalue weighted by atomic mass is 10.1. The average Bonchev–Trinajstić information content (AvgIpc) is 2.38. The van der Waals surface area contributed by atoms with E-state index in [-0.39, 0.29) is 11.3 Å². The van der Waals surface area contributed by atoms with Gasteiger partial charge in [-0.3, -0.25) is 4.79 Å². The summed E-state index contributed by atoms with van der Waals surface area (Å²) in [6.07, 6.45) is -4.55. The Hall–Kier alpha value is -2.36. The third kappa shape index (κ3) is 5.65. The minimum atomic E-state index is -4.55. The second-order valence-electron chi connectivity index (χ2n) is 3.83. The van der Waals surface area contributed by atoms with Crippen molar-refractivity contribution in [3.05, 3.63) is 29.6 Å². The maximum Gasteiger partial charge on any atom is 0.411 e. The number of anilines is 1. The standard InChI is InChI=1S/C11H11F4N3O3/c12-6-1-2-8(7(3-6)10(16)18-20)17-9(19)4-21-5-11(13,14)15/h1-3,20H,4-5H2,(H2,16,18)(H,17,19). The van der Waals surface area contributed by atoms with Gasteiger partial charge >= 0.3 is 6.18 Å². The van der Waals surface area contributed by atoms with Crippen LogP contribution < -0.4 is 11.1 Å². The predicted octanol–water partition coefficient (Wildman–Crippen LogP) is 1.44. The first kappa shape index (κ1) is 16.7. The van der Waals surface area contributed by atoms with Crippen LogP contribution in [0.5, 0.6) is 0 Å². The van der Waals surface area contributed by atoms with E-state index in [1.54, 1.807) is 0 Å². The van der Waals surface area contributed by atoms with Crippen LogP contribution in [-0.2, 0) is 9.53 Å². The summed E-state index contributed by atoms with van der Waals surface area (Å²) in [7, 11) is 0. The Morgan fingerprint density at radius 1 is 1.43 bits per heavy atom. The van der Waals surface area contributed by atoms with Crippen LogP contribution in [0.3, 0.4) is 0 Å². The number of amides is 1. The number of ether oxygens (including phenoxy) is 1. The molecule has 0 aliphatic heterocycles. The second kappa shape index (κ2) is 6.88. The molecular formula is C11H11F4N3O3. The van der Waals surface area contributed by atoms with Crippen molar-refractivity contribution in [3.8, 4) is 0 Å². The first-order valence-electron chi connectivity index (χ1n) is 5.44. The summed E-state index contributed by atoms with van der Waals surface area (Å²) in [5.74, 6) is -2.08. The van der Waals surface area contributed by atoms with E-state index in [0.717, 1.165) is 18.2 Å². The van der Waals surface area contributed by atoms with Crippen LogP contribution in [0.15, 0.2) is 23.4 Å². The summed E-state index contributed by atoms with van der Waals surface area (Å²) in [5, 5.41) is 13.4. The Morgan fingerprint density at radius 2 is 2.10 bits per heavy atom. The fourth-order valence-corrected chi connectivity index (χ4v) is 1.34. The minimum Gasteiger partial charge on any atom is -0.409 e. The summed E-state index contributed by atoms with van der Waals surface area (Å²) >= 11 is 0. The predicted molar refractivity (Wildman–Crippen MR) is 64.4 cm³/mol. The van der Waals surface area contributed by atoms with Crippen molar-refractivity contribution in [1.82, 2.24) is 0 Å². The van der Waals surface area contributed by atoms with Crippen LogP contribution in [0.2, 0.25) is 0 Å². The number of hydrogen-bond acceptors (Lipinski definition) is 4. The zero-order valence-electron chi connectivity index (χ0n) is 10.4. The van der Waals surface area contributed by atoms with Gasteiger partial charge in [-0.25, -0.2) is 4.39 Å². The van der Waals surface area contributed by atoms with Crippen molar-refractivity contribution in [1.29, 1.82) is 0 Å². The molecule has 0 saturated carbocycles. The number of rotatable bonds is 5. The molecule has 0 radical (unpaired) electrons. The first-order chi connectivity index (χ1) is 9.73.